The van der Waals surface area contributed by atoms with Gasteiger partial charge in [-0.15, -0.1) is 0 Å². The molecule has 1 fully saturated rings. The minimum atomic E-state index is 0.328. The predicted octanol–water partition coefficient (Wildman–Crippen LogP) is 4.81. The van der Waals surface area contributed by atoms with Crippen molar-refractivity contribution in [2.75, 3.05) is 5.75 Å². The van der Waals surface area contributed by atoms with Gasteiger partial charge in [0.25, 0.3) is 0 Å². The van der Waals surface area contributed by atoms with Gasteiger partial charge in [0.1, 0.15) is 0 Å². The van der Waals surface area contributed by atoms with Gasteiger partial charge in [-0.1, -0.05) is 31.4 Å². The van der Waals surface area contributed by atoms with Crippen molar-refractivity contribution in [1.82, 2.24) is 0 Å². The fraction of sp³-hybridized carbons (Fsp3) is 0.611. The molecule has 0 spiro atoms. The average molecular weight is 288 g/mol. The summed E-state index contributed by atoms with van der Waals surface area (Å²) in [5.74, 6) is 0.998. The van der Waals surface area contributed by atoms with Gasteiger partial charge in [0.05, 0.1) is 5.75 Å². The van der Waals surface area contributed by atoms with E-state index in [1.165, 1.54) is 62.5 Å². The maximum atomic E-state index is 12.4. The summed E-state index contributed by atoms with van der Waals surface area (Å²) in [6.07, 6.45) is 11.6. The molecule has 20 heavy (non-hydrogen) atoms. The summed E-state index contributed by atoms with van der Waals surface area (Å²) in [6, 6.07) is 6.40. The van der Waals surface area contributed by atoms with Gasteiger partial charge in [-0.05, 0) is 55.7 Å². The molecule has 0 aliphatic heterocycles. The Kier molecular flexibility index (Phi) is 4.82. The summed E-state index contributed by atoms with van der Waals surface area (Å²) in [4.78, 5) is 12.4. The molecule has 0 atom stereocenters. The van der Waals surface area contributed by atoms with Gasteiger partial charge in [-0.3, -0.25) is 4.79 Å². The third kappa shape index (κ3) is 3.46. The second kappa shape index (κ2) is 6.80. The number of carbonyl (C=O) groups is 1. The van der Waals surface area contributed by atoms with Crippen LogP contribution in [0.25, 0.3) is 0 Å². The van der Waals surface area contributed by atoms with E-state index in [0.717, 1.165) is 17.2 Å². The molecule has 0 heterocycles. The number of aryl methyl sites for hydroxylation is 2. The second-order valence-electron chi connectivity index (χ2n) is 6.18. The SMILES string of the molecule is O=C(CSC1CCCCC1)c1ccc2c(c1)CCCC2. The Bertz CT molecular complexity index is 474. The molecule has 3 rings (SSSR count). The average Bonchev–Trinajstić information content (AvgIpc) is 2.53. The molecule has 0 bridgehead atoms. The lowest BCUT2D eigenvalue weighted by Gasteiger charge is -2.21. The summed E-state index contributed by atoms with van der Waals surface area (Å²) in [7, 11) is 0. The van der Waals surface area contributed by atoms with Crippen LogP contribution in [0.1, 0.15) is 66.4 Å². The number of thioether (sulfide) groups is 1. The molecule has 1 aromatic rings. The zero-order valence-corrected chi connectivity index (χ0v) is 13.0. The van der Waals surface area contributed by atoms with Crippen LogP contribution in [0.5, 0.6) is 0 Å². The minimum absolute atomic E-state index is 0.328. The first kappa shape index (κ1) is 14.2. The van der Waals surface area contributed by atoms with Gasteiger partial charge in [0.2, 0.25) is 0 Å². The number of Topliss-reactive ketones (excluding diaryl/α,β-unsaturated/α-hetero) is 1. The van der Waals surface area contributed by atoms with Crippen molar-refractivity contribution in [3.8, 4) is 0 Å². The molecule has 2 aliphatic rings. The summed E-state index contributed by atoms with van der Waals surface area (Å²) < 4.78 is 0. The molecule has 108 valence electrons. The molecule has 0 amide bonds. The Morgan fingerprint density at radius 1 is 1.00 bits per heavy atom. The third-order valence-electron chi connectivity index (χ3n) is 4.67. The van der Waals surface area contributed by atoms with E-state index in [-0.39, 0.29) is 0 Å². The van der Waals surface area contributed by atoms with E-state index in [4.69, 9.17) is 0 Å². The number of fused-ring (bicyclic) bond motifs is 1. The first-order valence-corrected chi connectivity index (χ1v) is 9.14. The standard InChI is InChI=1S/C18H24OS/c19-18(13-20-17-8-2-1-3-9-17)16-11-10-14-6-4-5-7-15(14)12-16/h10-12,17H,1-9,13H2. The summed E-state index contributed by atoms with van der Waals surface area (Å²) in [5, 5.41) is 0.727. The molecule has 1 aromatic carbocycles. The van der Waals surface area contributed by atoms with E-state index in [2.05, 4.69) is 12.1 Å². The molecule has 0 N–H and O–H groups in total. The third-order valence-corrected chi connectivity index (χ3v) is 6.04. The molecule has 1 saturated carbocycles. The Hall–Kier alpha value is -0.760. The lowest BCUT2D eigenvalue weighted by Crippen LogP contribution is -2.13. The van der Waals surface area contributed by atoms with Gasteiger partial charge in [0, 0.05) is 10.8 Å². The lowest BCUT2D eigenvalue weighted by atomic mass is 9.90. The number of hydrogen-bond acceptors (Lipinski definition) is 2. The van der Waals surface area contributed by atoms with Crippen molar-refractivity contribution in [2.45, 2.75) is 63.0 Å². The van der Waals surface area contributed by atoms with Crippen LogP contribution in [-0.4, -0.2) is 16.8 Å². The van der Waals surface area contributed by atoms with Crippen LogP contribution in [-0.2, 0) is 12.8 Å². The van der Waals surface area contributed by atoms with Crippen LogP contribution in [0.15, 0.2) is 18.2 Å². The van der Waals surface area contributed by atoms with Crippen LogP contribution in [0.4, 0.5) is 0 Å². The maximum absolute atomic E-state index is 12.4. The van der Waals surface area contributed by atoms with E-state index in [1.807, 2.05) is 17.8 Å². The van der Waals surface area contributed by atoms with E-state index in [1.54, 1.807) is 0 Å². The maximum Gasteiger partial charge on any atom is 0.172 e. The Labute approximate surface area is 126 Å². The Morgan fingerprint density at radius 3 is 2.55 bits per heavy atom. The Morgan fingerprint density at radius 2 is 1.75 bits per heavy atom. The molecule has 2 aliphatic carbocycles. The first-order valence-electron chi connectivity index (χ1n) is 8.09. The number of carbonyl (C=O) groups excluding carboxylic acids is 1. The van der Waals surface area contributed by atoms with Crippen molar-refractivity contribution in [3.05, 3.63) is 34.9 Å². The number of benzene rings is 1. The topological polar surface area (TPSA) is 17.1 Å². The zero-order chi connectivity index (χ0) is 13.8. The number of rotatable bonds is 4. The molecule has 0 saturated heterocycles. The highest BCUT2D eigenvalue weighted by atomic mass is 32.2. The highest BCUT2D eigenvalue weighted by molar-refractivity contribution is 8.00. The molecular formula is C18H24OS. The lowest BCUT2D eigenvalue weighted by molar-refractivity contribution is 0.102. The van der Waals surface area contributed by atoms with Crippen LogP contribution in [0, 0.1) is 0 Å². The van der Waals surface area contributed by atoms with Gasteiger partial charge in [0.15, 0.2) is 5.78 Å². The smallest absolute Gasteiger partial charge is 0.172 e. The summed E-state index contributed by atoms with van der Waals surface area (Å²) >= 11 is 1.89. The Balaban J connectivity index is 1.59. The highest BCUT2D eigenvalue weighted by Crippen LogP contribution is 2.29. The molecule has 1 nitrogen and oxygen atoms in total. The number of ketones is 1. The summed E-state index contributed by atoms with van der Waals surface area (Å²) in [5.41, 5.74) is 3.83. The normalized spacial score (nSPS) is 19.6. The van der Waals surface area contributed by atoms with Gasteiger partial charge < -0.3 is 0 Å². The van der Waals surface area contributed by atoms with Gasteiger partial charge in [-0.2, -0.15) is 11.8 Å². The molecule has 0 aromatic heterocycles. The molecule has 0 unspecified atom stereocenters. The monoisotopic (exact) mass is 288 g/mol. The van der Waals surface area contributed by atoms with Crippen molar-refractivity contribution in [1.29, 1.82) is 0 Å². The highest BCUT2D eigenvalue weighted by Gasteiger charge is 2.17. The van der Waals surface area contributed by atoms with Crippen LogP contribution in [0.3, 0.4) is 0 Å². The van der Waals surface area contributed by atoms with Gasteiger partial charge in [-0.25, -0.2) is 0 Å². The van der Waals surface area contributed by atoms with E-state index in [0.29, 0.717) is 11.5 Å². The van der Waals surface area contributed by atoms with E-state index >= 15 is 0 Å². The van der Waals surface area contributed by atoms with Gasteiger partial charge >= 0.3 is 0 Å². The predicted molar refractivity (Wildman–Crippen MR) is 86.7 cm³/mol. The molecule has 2 heteroatoms. The summed E-state index contributed by atoms with van der Waals surface area (Å²) in [6.45, 7) is 0. The zero-order valence-electron chi connectivity index (χ0n) is 12.2. The van der Waals surface area contributed by atoms with E-state index < -0.39 is 0 Å². The van der Waals surface area contributed by atoms with E-state index in [9.17, 15) is 4.79 Å². The molecular weight excluding hydrogens is 264 g/mol. The minimum Gasteiger partial charge on any atom is -0.293 e. The molecule has 0 radical (unpaired) electrons. The van der Waals surface area contributed by atoms with Crippen molar-refractivity contribution < 1.29 is 4.79 Å². The van der Waals surface area contributed by atoms with Crippen molar-refractivity contribution in [3.63, 3.8) is 0 Å². The van der Waals surface area contributed by atoms with Crippen LogP contribution in [0.2, 0.25) is 0 Å². The first-order chi connectivity index (χ1) is 9.83. The fourth-order valence-corrected chi connectivity index (χ4v) is 4.64. The largest absolute Gasteiger partial charge is 0.293 e. The quantitative estimate of drug-likeness (QED) is 0.739. The van der Waals surface area contributed by atoms with Crippen LogP contribution >= 0.6 is 11.8 Å². The fourth-order valence-electron chi connectivity index (χ4n) is 3.42. The van der Waals surface area contributed by atoms with Crippen molar-refractivity contribution in [2.24, 2.45) is 0 Å². The second-order valence-corrected chi connectivity index (χ2v) is 7.47. The number of hydrogen-bond donors (Lipinski definition) is 0. The van der Waals surface area contributed by atoms with Crippen molar-refractivity contribution >= 4 is 17.5 Å². The van der Waals surface area contributed by atoms with Crippen LogP contribution < -0.4 is 0 Å².